The molecule has 0 radical (unpaired) electrons. The summed E-state index contributed by atoms with van der Waals surface area (Å²) in [5.41, 5.74) is 2.22. The smallest absolute Gasteiger partial charge is 0.393 e. The van der Waals surface area contributed by atoms with Crippen molar-refractivity contribution in [3.05, 3.63) is 52.6 Å². The maximum Gasteiger partial charge on any atom is 0.393 e. The summed E-state index contributed by atoms with van der Waals surface area (Å²) in [5.74, 6) is -2.47. The first-order chi connectivity index (χ1) is 16.6. The number of hydrogen-bond donors (Lipinski definition) is 2. The molecule has 188 valence electrons. The normalized spacial score (nSPS) is 18.6. The van der Waals surface area contributed by atoms with Crippen LogP contribution in [0.3, 0.4) is 0 Å². The van der Waals surface area contributed by atoms with Gasteiger partial charge in [-0.05, 0) is 30.0 Å². The molecule has 0 saturated carbocycles. The number of aromatic hydroxyl groups is 1. The predicted octanol–water partition coefficient (Wildman–Crippen LogP) is 3.98. The molecule has 2 unspecified atom stereocenters. The van der Waals surface area contributed by atoms with Crippen molar-refractivity contribution in [1.82, 2.24) is 10.2 Å². The van der Waals surface area contributed by atoms with Gasteiger partial charge in [0.05, 0.1) is 20.1 Å². The fraction of sp³-hybridized carbons (Fsp3) is 0.440. The summed E-state index contributed by atoms with van der Waals surface area (Å²) in [7, 11) is 2.85. The van der Waals surface area contributed by atoms with Crippen molar-refractivity contribution in [2.75, 3.05) is 27.3 Å². The third kappa shape index (κ3) is 5.01. The van der Waals surface area contributed by atoms with Gasteiger partial charge in [0.1, 0.15) is 17.2 Å². The molecule has 1 saturated heterocycles. The Hall–Kier alpha value is -3.43. The number of carbonyl (C=O) groups is 2. The molecule has 4 rings (SSSR count). The van der Waals surface area contributed by atoms with E-state index in [9.17, 15) is 27.9 Å². The van der Waals surface area contributed by atoms with Gasteiger partial charge in [0.2, 0.25) is 5.91 Å². The number of methoxy groups -OCH3 is 2. The zero-order valence-electron chi connectivity index (χ0n) is 19.4. The van der Waals surface area contributed by atoms with Crippen LogP contribution in [0.15, 0.2) is 30.3 Å². The molecular formula is C25H27F3N2O5. The Kier molecular flexibility index (Phi) is 6.82. The highest BCUT2D eigenvalue weighted by molar-refractivity contribution is 5.98. The third-order valence-electron chi connectivity index (χ3n) is 6.73. The fourth-order valence-corrected chi connectivity index (χ4v) is 4.85. The van der Waals surface area contributed by atoms with E-state index in [1.807, 2.05) is 0 Å². The maximum atomic E-state index is 13.3. The molecule has 0 aromatic heterocycles. The van der Waals surface area contributed by atoms with E-state index in [0.29, 0.717) is 29.0 Å². The number of halogens is 3. The van der Waals surface area contributed by atoms with Gasteiger partial charge in [-0.15, -0.1) is 0 Å². The summed E-state index contributed by atoms with van der Waals surface area (Å²) in [6.45, 7) is 0.184. The van der Waals surface area contributed by atoms with Gasteiger partial charge in [0.15, 0.2) is 0 Å². The molecule has 2 amide bonds. The summed E-state index contributed by atoms with van der Waals surface area (Å²) in [6, 6.07) is 8.10. The second-order valence-electron chi connectivity index (χ2n) is 8.84. The van der Waals surface area contributed by atoms with Crippen molar-refractivity contribution >= 4 is 11.8 Å². The van der Waals surface area contributed by atoms with Crippen LogP contribution < -0.4 is 14.8 Å². The zero-order valence-corrected chi connectivity index (χ0v) is 19.4. The molecule has 0 bridgehead atoms. The van der Waals surface area contributed by atoms with Crippen molar-refractivity contribution in [3.8, 4) is 17.2 Å². The second kappa shape index (κ2) is 9.67. The summed E-state index contributed by atoms with van der Waals surface area (Å²) < 4.78 is 50.7. The largest absolute Gasteiger partial charge is 0.507 e. The van der Waals surface area contributed by atoms with E-state index in [0.717, 1.165) is 5.56 Å². The number of rotatable bonds is 6. The lowest BCUT2D eigenvalue weighted by atomic mass is 9.85. The lowest BCUT2D eigenvalue weighted by Crippen LogP contribution is -2.45. The zero-order chi connectivity index (χ0) is 25.3. The Morgan fingerprint density at radius 3 is 2.69 bits per heavy atom. The fourth-order valence-electron chi connectivity index (χ4n) is 4.85. The van der Waals surface area contributed by atoms with Crippen molar-refractivity contribution in [1.29, 1.82) is 0 Å². The summed E-state index contributed by atoms with van der Waals surface area (Å²) in [5, 5.41) is 13.6. The predicted molar refractivity (Wildman–Crippen MR) is 121 cm³/mol. The Morgan fingerprint density at radius 1 is 1.23 bits per heavy atom. The number of amides is 2. The van der Waals surface area contributed by atoms with Gasteiger partial charge >= 0.3 is 6.18 Å². The van der Waals surface area contributed by atoms with Gasteiger partial charge in [0, 0.05) is 55.2 Å². The van der Waals surface area contributed by atoms with Crippen LogP contribution in [0, 0.1) is 5.92 Å². The molecule has 10 heteroatoms. The van der Waals surface area contributed by atoms with E-state index < -0.39 is 23.9 Å². The Morgan fingerprint density at radius 2 is 2.00 bits per heavy atom. The number of ether oxygens (including phenoxy) is 2. The number of nitrogens with one attached hydrogen (secondary N) is 1. The standard InChI is InChI=1S/C25H27F3N2O5/c1-34-17-9-20(31)23(21(10-17)35-2)19(14-5-6-18-15(8-14)12-29-24(18)33)11-22(32)30-7-3-4-16(13-30)25(26,27)28/h5-6,8-10,16,19,31H,3-4,7,11-13H2,1-2H3,(H,29,33). The first-order valence-electron chi connectivity index (χ1n) is 11.3. The van der Waals surface area contributed by atoms with E-state index in [4.69, 9.17) is 9.47 Å². The molecule has 35 heavy (non-hydrogen) atoms. The van der Waals surface area contributed by atoms with Crippen LogP contribution in [0.4, 0.5) is 13.2 Å². The monoisotopic (exact) mass is 492 g/mol. The van der Waals surface area contributed by atoms with Crippen LogP contribution in [0.1, 0.15) is 52.2 Å². The van der Waals surface area contributed by atoms with Crippen LogP contribution >= 0.6 is 0 Å². The SMILES string of the molecule is COc1cc(O)c(C(CC(=O)N2CCCC(C(F)(F)F)C2)c2ccc3c(c2)CNC3=O)c(OC)c1. The topological polar surface area (TPSA) is 88.1 Å². The highest BCUT2D eigenvalue weighted by Crippen LogP contribution is 2.44. The van der Waals surface area contributed by atoms with Crippen molar-refractivity contribution in [3.63, 3.8) is 0 Å². The number of benzene rings is 2. The third-order valence-corrected chi connectivity index (χ3v) is 6.73. The number of nitrogens with zero attached hydrogens (tertiary/aromatic N) is 1. The highest BCUT2D eigenvalue weighted by atomic mass is 19.4. The van der Waals surface area contributed by atoms with Gasteiger partial charge in [-0.1, -0.05) is 12.1 Å². The maximum absolute atomic E-state index is 13.3. The van der Waals surface area contributed by atoms with E-state index in [1.165, 1.54) is 25.2 Å². The van der Waals surface area contributed by atoms with Gasteiger partial charge in [-0.25, -0.2) is 0 Å². The van der Waals surface area contributed by atoms with Crippen LogP contribution in [0.2, 0.25) is 0 Å². The average Bonchev–Trinajstić information content (AvgIpc) is 3.21. The molecule has 2 aromatic carbocycles. The van der Waals surface area contributed by atoms with E-state index in [1.54, 1.807) is 24.3 Å². The second-order valence-corrected chi connectivity index (χ2v) is 8.84. The minimum Gasteiger partial charge on any atom is -0.507 e. The Bertz CT molecular complexity index is 1130. The van der Waals surface area contributed by atoms with Crippen molar-refractivity contribution < 1.29 is 37.3 Å². The number of carbonyl (C=O) groups excluding carboxylic acids is 2. The van der Waals surface area contributed by atoms with E-state index >= 15 is 0 Å². The van der Waals surface area contributed by atoms with E-state index in [2.05, 4.69) is 5.32 Å². The molecule has 2 atom stereocenters. The van der Waals surface area contributed by atoms with Crippen LogP contribution in [-0.4, -0.2) is 55.3 Å². The number of fused-ring (bicyclic) bond motifs is 1. The highest BCUT2D eigenvalue weighted by Gasteiger charge is 2.43. The molecule has 7 nitrogen and oxygen atoms in total. The Balaban J connectivity index is 1.72. The molecule has 2 aliphatic heterocycles. The first kappa shape index (κ1) is 24.7. The van der Waals surface area contributed by atoms with Gasteiger partial charge in [-0.3, -0.25) is 9.59 Å². The molecule has 2 aromatic rings. The average molecular weight is 492 g/mol. The molecule has 1 fully saturated rings. The Labute approximate surface area is 200 Å². The molecular weight excluding hydrogens is 465 g/mol. The minimum absolute atomic E-state index is 0.00432. The molecule has 0 aliphatic carbocycles. The quantitative estimate of drug-likeness (QED) is 0.637. The molecule has 2 aliphatic rings. The summed E-state index contributed by atoms with van der Waals surface area (Å²) >= 11 is 0. The molecule has 0 spiro atoms. The van der Waals surface area contributed by atoms with Crippen molar-refractivity contribution in [2.45, 2.75) is 37.9 Å². The van der Waals surface area contributed by atoms with Crippen LogP contribution in [0.25, 0.3) is 0 Å². The lowest BCUT2D eigenvalue weighted by molar-refractivity contribution is -0.188. The number of likely N-dealkylation sites (tertiary alicyclic amines) is 1. The number of phenolic OH excluding ortho intramolecular Hbond substituents is 1. The van der Waals surface area contributed by atoms with Crippen molar-refractivity contribution in [2.24, 2.45) is 5.92 Å². The van der Waals surface area contributed by atoms with Gasteiger partial charge in [-0.2, -0.15) is 13.2 Å². The molecule has 2 heterocycles. The summed E-state index contributed by atoms with van der Waals surface area (Å²) in [6.07, 6.45) is -4.28. The van der Waals surface area contributed by atoms with Gasteiger partial charge < -0.3 is 24.8 Å². The number of alkyl halides is 3. The summed E-state index contributed by atoms with van der Waals surface area (Å²) in [4.78, 5) is 26.5. The number of phenols is 1. The minimum atomic E-state index is -4.37. The van der Waals surface area contributed by atoms with Crippen LogP contribution in [0.5, 0.6) is 17.2 Å². The van der Waals surface area contributed by atoms with E-state index in [-0.39, 0.29) is 49.8 Å². The van der Waals surface area contributed by atoms with Gasteiger partial charge in [0.25, 0.3) is 5.91 Å². The lowest BCUT2D eigenvalue weighted by Gasteiger charge is -2.34. The first-order valence-corrected chi connectivity index (χ1v) is 11.3. The number of piperidine rings is 1. The number of hydrogen-bond acceptors (Lipinski definition) is 5. The van der Waals surface area contributed by atoms with Crippen LogP contribution in [-0.2, 0) is 11.3 Å². The molecule has 2 N–H and O–H groups in total.